The Kier molecular flexibility index (Phi) is 3.82. The van der Waals surface area contributed by atoms with E-state index in [9.17, 15) is 14.4 Å². The molecule has 2 heterocycles. The van der Waals surface area contributed by atoms with Crippen LogP contribution in [0.15, 0.2) is 51.7 Å². The number of nitrogens with zero attached hydrogens (tertiary/aromatic N) is 2. The summed E-state index contributed by atoms with van der Waals surface area (Å²) in [7, 11) is 0. The molecular weight excluding hydrogens is 358 g/mol. The van der Waals surface area contributed by atoms with E-state index in [-0.39, 0.29) is 24.3 Å². The molecule has 7 heteroatoms. The van der Waals surface area contributed by atoms with Gasteiger partial charge in [-0.25, -0.2) is 4.79 Å². The van der Waals surface area contributed by atoms with E-state index in [2.05, 4.69) is 5.32 Å². The Balaban J connectivity index is 1.36. The van der Waals surface area contributed by atoms with Gasteiger partial charge in [0.05, 0.1) is 5.52 Å². The number of rotatable bonds is 4. The lowest BCUT2D eigenvalue weighted by molar-refractivity contribution is -0.119. The molecule has 0 unspecified atom stereocenters. The van der Waals surface area contributed by atoms with Crippen molar-refractivity contribution in [3.8, 4) is 0 Å². The number of nitrogens with one attached hydrogen (secondary N) is 1. The van der Waals surface area contributed by atoms with E-state index in [0.29, 0.717) is 23.3 Å². The van der Waals surface area contributed by atoms with Crippen LogP contribution in [0.4, 0.5) is 11.4 Å². The minimum absolute atomic E-state index is 0.141. The predicted molar refractivity (Wildman–Crippen MR) is 104 cm³/mol. The first kappa shape index (κ1) is 16.8. The van der Waals surface area contributed by atoms with Gasteiger partial charge in [-0.05, 0) is 49.1 Å². The molecule has 2 aliphatic rings. The molecule has 1 fully saturated rings. The fourth-order valence-corrected chi connectivity index (χ4v) is 3.74. The van der Waals surface area contributed by atoms with E-state index in [1.165, 1.54) is 4.57 Å². The summed E-state index contributed by atoms with van der Waals surface area (Å²) in [5, 5.41) is 2.83. The first-order valence-electron chi connectivity index (χ1n) is 9.43. The highest BCUT2D eigenvalue weighted by molar-refractivity contribution is 5.99. The molecule has 0 bridgehead atoms. The van der Waals surface area contributed by atoms with Crippen LogP contribution in [-0.4, -0.2) is 22.9 Å². The van der Waals surface area contributed by atoms with Crippen LogP contribution in [0.1, 0.15) is 18.4 Å². The van der Waals surface area contributed by atoms with Gasteiger partial charge in [-0.1, -0.05) is 18.2 Å². The fourth-order valence-electron chi connectivity index (χ4n) is 3.74. The minimum atomic E-state index is -0.563. The van der Waals surface area contributed by atoms with Gasteiger partial charge in [-0.2, -0.15) is 0 Å². The average molecular weight is 377 g/mol. The molecule has 3 aromatic rings. The maximum Gasteiger partial charge on any atom is 0.420 e. The first-order chi connectivity index (χ1) is 13.6. The minimum Gasteiger partial charge on any atom is -0.408 e. The van der Waals surface area contributed by atoms with Crippen LogP contribution in [0, 0.1) is 5.92 Å². The van der Waals surface area contributed by atoms with Crippen LogP contribution in [0.5, 0.6) is 0 Å². The number of aromatic nitrogens is 1. The lowest BCUT2D eigenvalue weighted by Gasteiger charge is -2.18. The number of hydrogen-bond acceptors (Lipinski definition) is 4. The molecule has 28 heavy (non-hydrogen) atoms. The second-order valence-electron chi connectivity index (χ2n) is 7.33. The van der Waals surface area contributed by atoms with Crippen molar-refractivity contribution in [2.45, 2.75) is 25.8 Å². The summed E-state index contributed by atoms with van der Waals surface area (Å²) in [4.78, 5) is 38.9. The van der Waals surface area contributed by atoms with Crippen molar-refractivity contribution in [3.05, 3.63) is 58.6 Å². The van der Waals surface area contributed by atoms with Crippen molar-refractivity contribution in [2.24, 2.45) is 5.92 Å². The third kappa shape index (κ3) is 2.89. The summed E-state index contributed by atoms with van der Waals surface area (Å²) < 4.78 is 6.47. The molecule has 1 N–H and O–H groups in total. The molecule has 7 nitrogen and oxygen atoms in total. The summed E-state index contributed by atoms with van der Waals surface area (Å²) in [6, 6.07) is 12.6. The standard InChI is InChI=1S/C21H19N3O4/c25-19(12-24-16-3-1-2-4-18(16)28-21(24)27)22-15-8-7-13-9-10-23(17(13)11-15)20(26)14-5-6-14/h1-4,7-8,11,14H,5-6,9-10,12H2,(H,22,25). The van der Waals surface area contributed by atoms with Gasteiger partial charge < -0.3 is 14.6 Å². The number of fused-ring (bicyclic) bond motifs is 2. The first-order valence-corrected chi connectivity index (χ1v) is 9.43. The van der Waals surface area contributed by atoms with Crippen LogP contribution < -0.4 is 16.0 Å². The second kappa shape index (κ2) is 6.37. The predicted octanol–water partition coefficient (Wildman–Crippen LogP) is 2.53. The molecule has 5 rings (SSSR count). The molecule has 1 saturated carbocycles. The zero-order chi connectivity index (χ0) is 19.3. The van der Waals surface area contributed by atoms with Crippen LogP contribution in [0.3, 0.4) is 0 Å². The van der Waals surface area contributed by atoms with Gasteiger partial charge in [-0.3, -0.25) is 14.2 Å². The van der Waals surface area contributed by atoms with Crippen LogP contribution in [-0.2, 0) is 22.6 Å². The van der Waals surface area contributed by atoms with E-state index in [0.717, 1.165) is 30.5 Å². The van der Waals surface area contributed by atoms with Crippen molar-refractivity contribution in [2.75, 3.05) is 16.8 Å². The van der Waals surface area contributed by atoms with Crippen molar-refractivity contribution in [1.82, 2.24) is 4.57 Å². The van der Waals surface area contributed by atoms with Crippen molar-refractivity contribution in [3.63, 3.8) is 0 Å². The largest absolute Gasteiger partial charge is 0.420 e. The van der Waals surface area contributed by atoms with Gasteiger partial charge in [0, 0.05) is 23.8 Å². The topological polar surface area (TPSA) is 84.5 Å². The molecule has 1 aliphatic carbocycles. The molecule has 1 aliphatic heterocycles. The van der Waals surface area contributed by atoms with Gasteiger partial charge in [0.15, 0.2) is 5.58 Å². The number of hydrogen-bond donors (Lipinski definition) is 1. The van der Waals surface area contributed by atoms with E-state index in [1.807, 2.05) is 23.1 Å². The highest BCUT2D eigenvalue weighted by atomic mass is 16.4. The summed E-state index contributed by atoms with van der Waals surface area (Å²) in [5.74, 6) is -0.553. The summed E-state index contributed by atoms with van der Waals surface area (Å²) in [5.41, 5.74) is 3.63. The van der Waals surface area contributed by atoms with Gasteiger partial charge in [-0.15, -0.1) is 0 Å². The monoisotopic (exact) mass is 377 g/mol. The van der Waals surface area contributed by atoms with Crippen molar-refractivity contribution < 1.29 is 14.0 Å². The van der Waals surface area contributed by atoms with Crippen LogP contribution in [0.25, 0.3) is 11.1 Å². The third-order valence-electron chi connectivity index (χ3n) is 5.33. The quantitative estimate of drug-likeness (QED) is 0.757. The van der Waals surface area contributed by atoms with Crippen molar-refractivity contribution in [1.29, 1.82) is 0 Å². The van der Waals surface area contributed by atoms with Gasteiger partial charge in [0.2, 0.25) is 11.8 Å². The number of anilines is 2. The zero-order valence-electron chi connectivity index (χ0n) is 15.2. The summed E-state index contributed by atoms with van der Waals surface area (Å²) in [6.07, 6.45) is 2.77. The van der Waals surface area contributed by atoms with Crippen LogP contribution >= 0.6 is 0 Å². The molecular formula is C21H19N3O4. The number of carbonyl (C=O) groups excluding carboxylic acids is 2. The summed E-state index contributed by atoms with van der Waals surface area (Å²) in [6.45, 7) is 0.552. The third-order valence-corrected chi connectivity index (χ3v) is 5.33. The normalized spacial score (nSPS) is 15.6. The number of oxazole rings is 1. The molecule has 2 aromatic carbocycles. The van der Waals surface area contributed by atoms with E-state index < -0.39 is 5.76 Å². The van der Waals surface area contributed by atoms with E-state index in [4.69, 9.17) is 4.42 Å². The number of carbonyl (C=O) groups is 2. The average Bonchev–Trinajstić information content (AvgIpc) is 3.38. The zero-order valence-corrected chi connectivity index (χ0v) is 15.2. The Morgan fingerprint density at radius 1 is 1.14 bits per heavy atom. The molecule has 0 atom stereocenters. The lowest BCUT2D eigenvalue weighted by Crippen LogP contribution is -2.30. The Morgan fingerprint density at radius 3 is 2.79 bits per heavy atom. The van der Waals surface area contributed by atoms with Gasteiger partial charge >= 0.3 is 5.76 Å². The fraction of sp³-hybridized carbons (Fsp3) is 0.286. The molecule has 1 aromatic heterocycles. The SMILES string of the molecule is O=C(Cn1c(=O)oc2ccccc21)Nc1ccc2c(c1)N(C(=O)C1CC1)CC2. The van der Waals surface area contributed by atoms with E-state index in [1.54, 1.807) is 24.3 Å². The molecule has 2 amide bonds. The van der Waals surface area contributed by atoms with Gasteiger partial charge in [0.25, 0.3) is 0 Å². The number of para-hydroxylation sites is 2. The maximum atomic E-state index is 12.5. The molecule has 0 radical (unpaired) electrons. The van der Waals surface area contributed by atoms with Gasteiger partial charge in [0.1, 0.15) is 6.54 Å². The molecule has 0 spiro atoms. The van der Waals surface area contributed by atoms with E-state index >= 15 is 0 Å². The second-order valence-corrected chi connectivity index (χ2v) is 7.33. The molecule has 0 saturated heterocycles. The highest BCUT2D eigenvalue weighted by Gasteiger charge is 2.36. The smallest absolute Gasteiger partial charge is 0.408 e. The lowest BCUT2D eigenvalue weighted by atomic mass is 10.1. The number of benzene rings is 2. The maximum absolute atomic E-state index is 12.5. The molecule has 142 valence electrons. The Bertz CT molecular complexity index is 1160. The Hall–Kier alpha value is -3.35. The summed E-state index contributed by atoms with van der Waals surface area (Å²) >= 11 is 0. The Morgan fingerprint density at radius 2 is 1.96 bits per heavy atom. The van der Waals surface area contributed by atoms with Crippen molar-refractivity contribution >= 4 is 34.3 Å². The van der Waals surface area contributed by atoms with Crippen LogP contribution in [0.2, 0.25) is 0 Å². The Labute approximate surface area is 160 Å². The number of amides is 2. The highest BCUT2D eigenvalue weighted by Crippen LogP contribution is 2.37.